The fourth-order valence-corrected chi connectivity index (χ4v) is 3.77. The summed E-state index contributed by atoms with van der Waals surface area (Å²) in [4.78, 5) is 17.1. The SMILES string of the molecule is Cl.O=C(c1cn(-c2ccccc2Cl)nn1)N1CCC(N2CCNCC2)C1. The second-order valence-corrected chi connectivity index (χ2v) is 6.89. The highest BCUT2D eigenvalue weighted by Gasteiger charge is 2.32. The first kappa shape index (κ1) is 19.1. The molecule has 1 atom stereocenters. The minimum absolute atomic E-state index is 0. The first-order valence-electron chi connectivity index (χ1n) is 8.63. The van der Waals surface area contributed by atoms with Crippen LogP contribution in [0.5, 0.6) is 0 Å². The molecule has 1 aromatic heterocycles. The molecule has 26 heavy (non-hydrogen) atoms. The Bertz CT molecular complexity index is 761. The summed E-state index contributed by atoms with van der Waals surface area (Å²) in [6, 6.07) is 7.82. The van der Waals surface area contributed by atoms with Crippen molar-refractivity contribution in [2.24, 2.45) is 0 Å². The number of carbonyl (C=O) groups is 1. The molecule has 0 bridgehead atoms. The summed E-state index contributed by atoms with van der Waals surface area (Å²) in [6.45, 7) is 5.68. The van der Waals surface area contributed by atoms with Crippen molar-refractivity contribution in [1.82, 2.24) is 30.1 Å². The Kier molecular flexibility index (Phi) is 6.13. The molecule has 0 aliphatic carbocycles. The zero-order valence-electron chi connectivity index (χ0n) is 14.3. The van der Waals surface area contributed by atoms with E-state index in [2.05, 4.69) is 20.5 Å². The number of amides is 1. The molecule has 140 valence electrons. The fraction of sp³-hybridized carbons (Fsp3) is 0.471. The summed E-state index contributed by atoms with van der Waals surface area (Å²) in [5.74, 6) is -0.0593. The van der Waals surface area contributed by atoms with Crippen LogP contribution in [0.2, 0.25) is 5.02 Å². The fourth-order valence-electron chi connectivity index (χ4n) is 3.55. The number of aromatic nitrogens is 3. The van der Waals surface area contributed by atoms with Gasteiger partial charge < -0.3 is 10.2 Å². The molecule has 7 nitrogen and oxygen atoms in total. The Labute approximate surface area is 163 Å². The zero-order chi connectivity index (χ0) is 17.2. The van der Waals surface area contributed by atoms with E-state index in [4.69, 9.17) is 11.6 Å². The number of nitrogens with one attached hydrogen (secondary N) is 1. The van der Waals surface area contributed by atoms with E-state index in [1.54, 1.807) is 16.9 Å². The molecule has 4 rings (SSSR count). The molecule has 1 amide bonds. The van der Waals surface area contributed by atoms with Gasteiger partial charge in [-0.05, 0) is 18.6 Å². The van der Waals surface area contributed by atoms with E-state index in [0.29, 0.717) is 16.8 Å². The second-order valence-electron chi connectivity index (χ2n) is 6.48. The molecule has 2 aliphatic heterocycles. The van der Waals surface area contributed by atoms with Crippen LogP contribution in [0, 0.1) is 0 Å². The van der Waals surface area contributed by atoms with Gasteiger partial charge in [0.15, 0.2) is 5.69 Å². The van der Waals surface area contributed by atoms with Crippen LogP contribution in [-0.4, -0.2) is 76.0 Å². The van der Waals surface area contributed by atoms with E-state index in [0.717, 1.165) is 51.4 Å². The van der Waals surface area contributed by atoms with Crippen molar-refractivity contribution >= 4 is 29.9 Å². The van der Waals surface area contributed by atoms with Crippen LogP contribution in [0.1, 0.15) is 16.9 Å². The third kappa shape index (κ3) is 3.86. The van der Waals surface area contributed by atoms with E-state index in [-0.39, 0.29) is 18.3 Å². The number of likely N-dealkylation sites (tertiary alicyclic amines) is 1. The van der Waals surface area contributed by atoms with Gasteiger partial charge >= 0.3 is 0 Å². The van der Waals surface area contributed by atoms with Crippen LogP contribution >= 0.6 is 24.0 Å². The summed E-state index contributed by atoms with van der Waals surface area (Å²) in [5, 5.41) is 12.1. The van der Waals surface area contributed by atoms with Crippen molar-refractivity contribution in [1.29, 1.82) is 0 Å². The zero-order valence-corrected chi connectivity index (χ0v) is 15.9. The number of piperazine rings is 1. The van der Waals surface area contributed by atoms with E-state index < -0.39 is 0 Å². The summed E-state index contributed by atoms with van der Waals surface area (Å²) < 4.78 is 1.55. The number of benzene rings is 1. The van der Waals surface area contributed by atoms with Gasteiger partial charge in [0.25, 0.3) is 5.91 Å². The largest absolute Gasteiger partial charge is 0.336 e. The van der Waals surface area contributed by atoms with Crippen LogP contribution in [-0.2, 0) is 0 Å². The van der Waals surface area contributed by atoms with Crippen molar-refractivity contribution in [2.75, 3.05) is 39.3 Å². The molecule has 2 fully saturated rings. The Morgan fingerprint density at radius 1 is 1.19 bits per heavy atom. The quantitative estimate of drug-likeness (QED) is 0.850. The van der Waals surface area contributed by atoms with E-state index >= 15 is 0 Å². The molecule has 0 radical (unpaired) electrons. The van der Waals surface area contributed by atoms with Gasteiger partial charge in [0.05, 0.1) is 16.9 Å². The smallest absolute Gasteiger partial charge is 0.276 e. The molecular formula is C17H22Cl2N6O. The number of carbonyl (C=O) groups excluding carboxylic acids is 1. The lowest BCUT2D eigenvalue weighted by atomic mass is 10.2. The van der Waals surface area contributed by atoms with Crippen molar-refractivity contribution in [3.63, 3.8) is 0 Å². The van der Waals surface area contributed by atoms with Gasteiger partial charge in [-0.1, -0.05) is 28.9 Å². The molecule has 9 heteroatoms. The van der Waals surface area contributed by atoms with Gasteiger partial charge in [-0.25, -0.2) is 4.68 Å². The molecule has 0 spiro atoms. The molecular weight excluding hydrogens is 375 g/mol. The predicted octanol–water partition coefficient (Wildman–Crippen LogP) is 1.46. The number of para-hydroxylation sites is 1. The Morgan fingerprint density at radius 3 is 2.73 bits per heavy atom. The average Bonchev–Trinajstić information content (AvgIpc) is 3.32. The van der Waals surface area contributed by atoms with Gasteiger partial charge in [-0.15, -0.1) is 17.5 Å². The molecule has 2 aromatic rings. The van der Waals surface area contributed by atoms with Crippen LogP contribution in [0.15, 0.2) is 30.5 Å². The minimum Gasteiger partial charge on any atom is -0.336 e. The van der Waals surface area contributed by atoms with Crippen molar-refractivity contribution < 1.29 is 4.79 Å². The highest BCUT2D eigenvalue weighted by atomic mass is 35.5. The predicted molar refractivity (Wildman–Crippen MR) is 102 cm³/mol. The molecule has 1 unspecified atom stereocenters. The average molecular weight is 397 g/mol. The van der Waals surface area contributed by atoms with Crippen LogP contribution in [0.25, 0.3) is 5.69 Å². The van der Waals surface area contributed by atoms with Crippen LogP contribution < -0.4 is 5.32 Å². The normalized spacial score (nSPS) is 20.8. The van der Waals surface area contributed by atoms with E-state index in [9.17, 15) is 4.79 Å². The first-order chi connectivity index (χ1) is 12.2. The second kappa shape index (κ2) is 8.35. The first-order valence-corrected chi connectivity index (χ1v) is 9.01. The molecule has 2 aliphatic rings. The third-order valence-corrected chi connectivity index (χ3v) is 5.25. The number of halogens is 2. The van der Waals surface area contributed by atoms with E-state index in [1.807, 2.05) is 23.1 Å². The number of rotatable bonds is 3. The maximum absolute atomic E-state index is 12.8. The summed E-state index contributed by atoms with van der Waals surface area (Å²) >= 11 is 6.19. The standard InChI is InChI=1S/C17H21ClN6O.ClH/c18-14-3-1-2-4-16(14)24-12-15(20-21-24)17(25)23-8-5-13(11-23)22-9-6-19-7-10-22;/h1-4,12-13,19H,5-11H2;1H. The number of nitrogens with zero attached hydrogens (tertiary/aromatic N) is 5. The van der Waals surface area contributed by atoms with Gasteiger partial charge in [0.2, 0.25) is 0 Å². The Morgan fingerprint density at radius 2 is 1.96 bits per heavy atom. The lowest BCUT2D eigenvalue weighted by Crippen LogP contribution is -2.49. The minimum atomic E-state index is -0.0593. The van der Waals surface area contributed by atoms with Gasteiger partial charge in [0.1, 0.15) is 0 Å². The summed E-state index contributed by atoms with van der Waals surface area (Å²) in [7, 11) is 0. The topological polar surface area (TPSA) is 66.3 Å². The number of hydrogen-bond acceptors (Lipinski definition) is 5. The monoisotopic (exact) mass is 396 g/mol. The maximum atomic E-state index is 12.8. The van der Waals surface area contributed by atoms with Crippen molar-refractivity contribution in [2.45, 2.75) is 12.5 Å². The van der Waals surface area contributed by atoms with Crippen LogP contribution in [0.3, 0.4) is 0 Å². The highest BCUT2D eigenvalue weighted by Crippen LogP contribution is 2.21. The lowest BCUT2D eigenvalue weighted by molar-refractivity contribution is 0.0767. The van der Waals surface area contributed by atoms with Gasteiger partial charge in [-0.3, -0.25) is 9.69 Å². The summed E-state index contributed by atoms with van der Waals surface area (Å²) in [5.41, 5.74) is 1.08. The molecule has 2 saturated heterocycles. The van der Waals surface area contributed by atoms with Crippen LogP contribution in [0.4, 0.5) is 0 Å². The highest BCUT2D eigenvalue weighted by molar-refractivity contribution is 6.32. The molecule has 3 heterocycles. The summed E-state index contributed by atoms with van der Waals surface area (Å²) in [6.07, 6.45) is 2.67. The van der Waals surface area contributed by atoms with E-state index in [1.165, 1.54) is 0 Å². The molecule has 0 saturated carbocycles. The van der Waals surface area contributed by atoms with Crippen molar-refractivity contribution in [3.8, 4) is 5.69 Å². The van der Waals surface area contributed by atoms with Crippen molar-refractivity contribution in [3.05, 3.63) is 41.2 Å². The molecule has 1 aromatic carbocycles. The number of hydrogen-bond donors (Lipinski definition) is 1. The maximum Gasteiger partial charge on any atom is 0.276 e. The Hall–Kier alpha value is -1.67. The third-order valence-electron chi connectivity index (χ3n) is 4.93. The lowest BCUT2D eigenvalue weighted by Gasteiger charge is -2.32. The molecule has 1 N–H and O–H groups in total. The Balaban J connectivity index is 0.00000196. The van der Waals surface area contributed by atoms with Gasteiger partial charge in [-0.2, -0.15) is 0 Å². The van der Waals surface area contributed by atoms with Gasteiger partial charge in [0, 0.05) is 45.3 Å².